The second-order valence-electron chi connectivity index (χ2n) is 2.40. The molecule has 0 aliphatic carbocycles. The lowest BCUT2D eigenvalue weighted by molar-refractivity contribution is -0.415. The number of carbonyl (C=O) groups is 1. The minimum absolute atomic E-state index is 1.88. The number of H-pyrrole nitrogens is 2. The average molecular weight is 220 g/mol. The highest BCUT2D eigenvalue weighted by Crippen LogP contribution is 1.68. The van der Waals surface area contributed by atoms with Crippen molar-refractivity contribution in [1.82, 2.24) is 0 Å². The Balaban J connectivity index is 0.000000217. The second kappa shape index (κ2) is 10.6. The van der Waals surface area contributed by atoms with Gasteiger partial charge in [-0.25, -0.2) is 9.97 Å². The van der Waals surface area contributed by atoms with Crippen LogP contribution in [-0.2, 0) is 0 Å². The van der Waals surface area contributed by atoms with Gasteiger partial charge in [0.15, 0.2) is 24.8 Å². The number of carbonyl (C=O) groups excluding carboxylic acids is 1. The van der Waals surface area contributed by atoms with E-state index in [1.165, 1.54) is 0 Å². The fourth-order valence-electron chi connectivity index (χ4n) is 0.684. The van der Waals surface area contributed by atoms with Gasteiger partial charge >= 0.3 is 0 Å². The van der Waals surface area contributed by atoms with Crippen LogP contribution in [-0.4, -0.2) is 6.16 Å². The van der Waals surface area contributed by atoms with E-state index in [4.69, 9.17) is 15.0 Å². The summed E-state index contributed by atoms with van der Waals surface area (Å²) in [6, 6.07) is 11.7. The number of hydrogen-bond donors (Lipinski definition) is 0. The Morgan fingerprint density at radius 2 is 0.938 bits per heavy atom. The lowest BCUT2D eigenvalue weighted by Crippen LogP contribution is -2.37. The van der Waals surface area contributed by atoms with Crippen molar-refractivity contribution < 1.29 is 25.0 Å². The summed E-state index contributed by atoms with van der Waals surface area (Å²) in [5.74, 6) is 0. The van der Waals surface area contributed by atoms with Crippen molar-refractivity contribution in [3.05, 3.63) is 61.2 Å². The number of aromatic amines is 2. The van der Waals surface area contributed by atoms with Crippen molar-refractivity contribution in [3.63, 3.8) is 0 Å². The molecule has 2 N–H and O–H groups in total. The summed E-state index contributed by atoms with van der Waals surface area (Å²) in [5.41, 5.74) is 0. The Morgan fingerprint density at radius 3 is 1.00 bits per heavy atom. The predicted molar refractivity (Wildman–Crippen MR) is 51.4 cm³/mol. The monoisotopic (exact) mass is 220 g/mol. The van der Waals surface area contributed by atoms with E-state index >= 15 is 0 Å². The van der Waals surface area contributed by atoms with Crippen LogP contribution in [0.1, 0.15) is 0 Å². The number of aromatic nitrogens is 2. The highest BCUT2D eigenvalue weighted by Gasteiger charge is 1.66. The molecule has 0 saturated heterocycles. The van der Waals surface area contributed by atoms with Gasteiger partial charge in [-0.3, -0.25) is 0 Å². The van der Waals surface area contributed by atoms with Crippen LogP contribution in [0.3, 0.4) is 0 Å². The third-order valence-electron chi connectivity index (χ3n) is 1.21. The Kier molecular flexibility index (Phi) is 9.03. The van der Waals surface area contributed by atoms with E-state index in [1.54, 1.807) is 0 Å². The highest BCUT2D eigenvalue weighted by atomic mass is 16.6. The van der Waals surface area contributed by atoms with Gasteiger partial charge in [0, 0.05) is 24.3 Å². The molecule has 0 spiro atoms. The molecule has 2 aromatic rings. The van der Waals surface area contributed by atoms with E-state index in [0.717, 1.165) is 0 Å². The number of hydrogen-bond acceptors (Lipinski definition) is 3. The number of pyridine rings is 2. The van der Waals surface area contributed by atoms with Gasteiger partial charge < -0.3 is 15.0 Å². The molecule has 0 aliphatic rings. The minimum Gasteiger partial charge on any atom is -0.652 e. The Labute approximate surface area is 93.1 Å². The Hall–Kier alpha value is -2.43. The lowest BCUT2D eigenvalue weighted by atomic mass is 10.5. The van der Waals surface area contributed by atoms with Crippen LogP contribution in [0.2, 0.25) is 0 Å². The largest absolute Gasteiger partial charge is 0.652 e. The Morgan fingerprint density at radius 1 is 0.688 bits per heavy atom. The zero-order valence-corrected chi connectivity index (χ0v) is 8.50. The van der Waals surface area contributed by atoms with Crippen LogP contribution in [0, 0.1) is 0 Å². The lowest BCUT2D eigenvalue weighted by Gasteiger charge is -1.96. The Bertz CT molecular complexity index is 265. The van der Waals surface area contributed by atoms with Gasteiger partial charge in [-0.2, -0.15) is 0 Å². The third-order valence-corrected chi connectivity index (χ3v) is 1.21. The molecule has 0 saturated carbocycles. The summed E-state index contributed by atoms with van der Waals surface area (Å²) in [6.07, 6.45) is 5.17. The van der Waals surface area contributed by atoms with E-state index in [1.807, 2.05) is 61.2 Å². The van der Waals surface area contributed by atoms with Gasteiger partial charge in [-0.15, -0.1) is 0 Å². The van der Waals surface area contributed by atoms with Crippen molar-refractivity contribution >= 4 is 6.16 Å². The second-order valence-corrected chi connectivity index (χ2v) is 2.40. The molecule has 0 atom stereocenters. The third kappa shape index (κ3) is 14.1. The van der Waals surface area contributed by atoms with E-state index in [-0.39, 0.29) is 0 Å². The molecule has 2 aromatic heterocycles. The zero-order valence-electron chi connectivity index (χ0n) is 8.50. The summed E-state index contributed by atoms with van der Waals surface area (Å²) in [4.78, 5) is 14.1. The van der Waals surface area contributed by atoms with Crippen LogP contribution >= 0.6 is 0 Å². The maximum Gasteiger partial charge on any atom is 0.166 e. The molecule has 0 fully saturated rings. The van der Waals surface area contributed by atoms with Gasteiger partial charge in [-0.05, 0) is 6.16 Å². The van der Waals surface area contributed by atoms with Crippen molar-refractivity contribution in [3.8, 4) is 0 Å². The first-order valence-corrected chi connectivity index (χ1v) is 4.43. The van der Waals surface area contributed by atoms with Gasteiger partial charge in [0.2, 0.25) is 0 Å². The highest BCUT2D eigenvalue weighted by molar-refractivity contribution is 5.47. The molecule has 0 radical (unpaired) electrons. The van der Waals surface area contributed by atoms with Gasteiger partial charge in [-0.1, -0.05) is 12.1 Å². The van der Waals surface area contributed by atoms with Crippen LogP contribution in [0.5, 0.6) is 0 Å². The van der Waals surface area contributed by atoms with Crippen molar-refractivity contribution in [2.75, 3.05) is 0 Å². The minimum atomic E-state index is -2.33. The molecule has 84 valence electrons. The van der Waals surface area contributed by atoms with E-state index in [2.05, 4.69) is 9.97 Å². The zero-order chi connectivity index (χ0) is 12.1. The standard InChI is InChI=1S/2C5H5N.CH2O3/c2*1-2-4-6-5-3-1;2-1(3)4/h2*1-5H;(H2,2,3,4). The molecule has 16 heavy (non-hydrogen) atoms. The summed E-state index contributed by atoms with van der Waals surface area (Å²) in [6.45, 7) is 0. The van der Waals surface area contributed by atoms with Crippen LogP contribution in [0.15, 0.2) is 61.2 Å². The summed E-state index contributed by atoms with van der Waals surface area (Å²) in [5, 5.41) is 16.7. The molecule has 5 heteroatoms. The average Bonchev–Trinajstić information content (AvgIpc) is 2.34. The number of carboxylic acid groups (broad SMARTS) is 2. The molecule has 0 amide bonds. The van der Waals surface area contributed by atoms with Crippen LogP contribution < -0.4 is 20.2 Å². The maximum absolute atomic E-state index is 8.33. The summed E-state index contributed by atoms with van der Waals surface area (Å²) >= 11 is 0. The molecule has 0 aliphatic heterocycles. The first-order chi connectivity index (χ1) is 7.73. The number of rotatable bonds is 0. The van der Waals surface area contributed by atoms with Gasteiger partial charge in [0.1, 0.15) is 0 Å². The molecule has 5 nitrogen and oxygen atoms in total. The van der Waals surface area contributed by atoms with E-state index in [9.17, 15) is 0 Å². The normalized spacial score (nSPS) is 7.50. The molecule has 2 rings (SSSR count). The van der Waals surface area contributed by atoms with Gasteiger partial charge in [0.25, 0.3) is 0 Å². The smallest absolute Gasteiger partial charge is 0.166 e. The number of nitrogens with one attached hydrogen (secondary N) is 2. The fraction of sp³-hybridized carbons (Fsp3) is 0. The fourth-order valence-corrected chi connectivity index (χ4v) is 0.684. The molecule has 0 aromatic carbocycles. The molecule has 0 bridgehead atoms. The SMILES string of the molecule is O=C([O-])[O-].c1cc[nH+]cc1.c1cc[nH+]cc1. The van der Waals surface area contributed by atoms with Crippen LogP contribution in [0.25, 0.3) is 0 Å². The topological polar surface area (TPSA) is 91.5 Å². The van der Waals surface area contributed by atoms with Crippen molar-refractivity contribution in [2.24, 2.45) is 0 Å². The van der Waals surface area contributed by atoms with E-state index in [0.29, 0.717) is 0 Å². The summed E-state index contributed by atoms with van der Waals surface area (Å²) in [7, 11) is 0. The van der Waals surface area contributed by atoms with Gasteiger partial charge in [0.05, 0.1) is 0 Å². The van der Waals surface area contributed by atoms with Crippen molar-refractivity contribution in [2.45, 2.75) is 0 Å². The maximum atomic E-state index is 8.33. The van der Waals surface area contributed by atoms with E-state index < -0.39 is 6.16 Å². The molecule has 2 heterocycles. The van der Waals surface area contributed by atoms with Crippen molar-refractivity contribution in [1.29, 1.82) is 0 Å². The predicted octanol–water partition coefficient (Wildman–Crippen LogP) is -1.45. The summed E-state index contributed by atoms with van der Waals surface area (Å²) < 4.78 is 0. The molecular formula is C11H12N2O3. The van der Waals surface area contributed by atoms with Crippen LogP contribution in [0.4, 0.5) is 4.79 Å². The quantitative estimate of drug-likeness (QED) is 0.544. The molecule has 0 unspecified atom stereocenters. The molecular weight excluding hydrogens is 208 g/mol. The first kappa shape index (κ1) is 13.6. The first-order valence-electron chi connectivity index (χ1n) is 4.43.